The van der Waals surface area contributed by atoms with E-state index < -0.39 is 0 Å². The molecule has 0 atom stereocenters. The van der Waals surface area contributed by atoms with E-state index in [0.717, 1.165) is 40.1 Å². The van der Waals surface area contributed by atoms with E-state index >= 15 is 0 Å². The fourth-order valence-corrected chi connectivity index (χ4v) is 2.82. The van der Waals surface area contributed by atoms with Gasteiger partial charge in [-0.05, 0) is 55.0 Å². The lowest BCUT2D eigenvalue weighted by atomic mass is 9.96. The van der Waals surface area contributed by atoms with Gasteiger partial charge in [0.15, 0.2) is 5.69 Å². The summed E-state index contributed by atoms with van der Waals surface area (Å²) >= 11 is 0. The van der Waals surface area contributed by atoms with Crippen LogP contribution in [0.25, 0.3) is 0 Å². The second-order valence-electron chi connectivity index (χ2n) is 6.39. The number of amides is 1. The summed E-state index contributed by atoms with van der Waals surface area (Å²) in [7, 11) is 1.69. The van der Waals surface area contributed by atoms with Crippen LogP contribution in [0.3, 0.4) is 0 Å². The maximum absolute atomic E-state index is 12.4. The first-order chi connectivity index (χ1) is 11.4. The molecule has 130 valence electrons. The molecule has 1 aromatic heterocycles. The first-order valence-corrected chi connectivity index (χ1v) is 8.38. The normalized spacial score (nSPS) is 11.0. The monoisotopic (exact) mass is 329 g/mol. The van der Waals surface area contributed by atoms with Crippen molar-refractivity contribution in [3.05, 3.63) is 45.8 Å². The predicted octanol–water partition coefficient (Wildman–Crippen LogP) is 3.65. The molecule has 2 rings (SSSR count). The number of aromatic nitrogens is 2. The standard InChI is InChI=1S/C19H27N3O2/c1-7-16-13(5)18(22-21-16)19(23)20-10-14-9-15(11(2)3)17(24-6)8-12(14)4/h8-9,11H,7,10H2,1-6H3,(H,20,23)(H,21,22). The van der Waals surface area contributed by atoms with Crippen LogP contribution in [0.5, 0.6) is 5.75 Å². The van der Waals surface area contributed by atoms with Crippen molar-refractivity contribution in [2.45, 2.75) is 53.5 Å². The molecule has 0 aliphatic carbocycles. The van der Waals surface area contributed by atoms with E-state index in [9.17, 15) is 4.79 Å². The van der Waals surface area contributed by atoms with Gasteiger partial charge in [0.1, 0.15) is 5.75 Å². The Morgan fingerprint density at radius 1 is 1.33 bits per heavy atom. The van der Waals surface area contributed by atoms with Crippen molar-refractivity contribution in [3.8, 4) is 5.75 Å². The summed E-state index contributed by atoms with van der Waals surface area (Å²) in [4.78, 5) is 12.4. The molecular formula is C19H27N3O2. The molecule has 5 nitrogen and oxygen atoms in total. The minimum Gasteiger partial charge on any atom is -0.496 e. The largest absolute Gasteiger partial charge is 0.496 e. The van der Waals surface area contributed by atoms with E-state index in [4.69, 9.17) is 4.74 Å². The number of rotatable bonds is 6. The highest BCUT2D eigenvalue weighted by Gasteiger charge is 2.16. The Morgan fingerprint density at radius 3 is 2.58 bits per heavy atom. The molecule has 0 bridgehead atoms. The average Bonchev–Trinajstić information content (AvgIpc) is 2.93. The van der Waals surface area contributed by atoms with Crippen LogP contribution in [-0.4, -0.2) is 23.2 Å². The third kappa shape index (κ3) is 3.61. The summed E-state index contributed by atoms with van der Waals surface area (Å²) in [6, 6.07) is 4.15. The van der Waals surface area contributed by atoms with Crippen molar-refractivity contribution in [2.24, 2.45) is 0 Å². The first kappa shape index (κ1) is 18.0. The van der Waals surface area contributed by atoms with E-state index in [0.29, 0.717) is 18.2 Å². The molecule has 24 heavy (non-hydrogen) atoms. The zero-order chi connectivity index (χ0) is 17.9. The molecule has 2 aromatic rings. The van der Waals surface area contributed by atoms with Gasteiger partial charge >= 0.3 is 0 Å². The number of carbonyl (C=O) groups excluding carboxylic acids is 1. The Balaban J connectivity index is 2.18. The zero-order valence-electron chi connectivity index (χ0n) is 15.4. The van der Waals surface area contributed by atoms with Crippen molar-refractivity contribution in [1.82, 2.24) is 15.5 Å². The van der Waals surface area contributed by atoms with Crippen molar-refractivity contribution in [3.63, 3.8) is 0 Å². The zero-order valence-corrected chi connectivity index (χ0v) is 15.4. The predicted molar refractivity (Wildman–Crippen MR) is 95.7 cm³/mol. The van der Waals surface area contributed by atoms with Crippen LogP contribution in [0.4, 0.5) is 0 Å². The minimum atomic E-state index is -0.148. The summed E-state index contributed by atoms with van der Waals surface area (Å²) in [6.07, 6.45) is 0.835. The van der Waals surface area contributed by atoms with Crippen LogP contribution in [0, 0.1) is 13.8 Å². The van der Waals surface area contributed by atoms with Gasteiger partial charge in [-0.15, -0.1) is 0 Å². The van der Waals surface area contributed by atoms with Crippen molar-refractivity contribution < 1.29 is 9.53 Å². The molecule has 0 unspecified atom stereocenters. The maximum Gasteiger partial charge on any atom is 0.272 e. The molecule has 0 radical (unpaired) electrons. The van der Waals surface area contributed by atoms with Crippen molar-refractivity contribution in [2.75, 3.05) is 7.11 Å². The number of aryl methyl sites for hydroxylation is 2. The van der Waals surface area contributed by atoms with Crippen LogP contribution in [0.1, 0.15) is 65.1 Å². The Morgan fingerprint density at radius 2 is 2.04 bits per heavy atom. The summed E-state index contributed by atoms with van der Waals surface area (Å²) in [5, 5.41) is 10.0. The SMILES string of the molecule is CCc1[nH]nc(C(=O)NCc2cc(C(C)C)c(OC)cc2C)c1C. The molecule has 2 N–H and O–H groups in total. The van der Waals surface area contributed by atoms with Crippen LogP contribution >= 0.6 is 0 Å². The van der Waals surface area contributed by atoms with E-state index in [2.05, 4.69) is 35.4 Å². The second-order valence-corrected chi connectivity index (χ2v) is 6.39. The number of ether oxygens (including phenoxy) is 1. The van der Waals surface area contributed by atoms with E-state index in [1.165, 1.54) is 0 Å². The van der Waals surface area contributed by atoms with E-state index in [1.807, 2.05) is 26.8 Å². The molecule has 0 aliphatic rings. The Bertz CT molecular complexity index is 732. The summed E-state index contributed by atoms with van der Waals surface area (Å²) in [6.45, 7) is 10.7. The number of nitrogens with one attached hydrogen (secondary N) is 2. The number of nitrogens with zero attached hydrogens (tertiary/aromatic N) is 1. The van der Waals surface area contributed by atoms with E-state index in [-0.39, 0.29) is 5.91 Å². The van der Waals surface area contributed by atoms with Crippen LogP contribution in [0.15, 0.2) is 12.1 Å². The fourth-order valence-electron chi connectivity index (χ4n) is 2.82. The number of aromatic amines is 1. The molecule has 0 spiro atoms. The lowest BCUT2D eigenvalue weighted by Gasteiger charge is -2.16. The van der Waals surface area contributed by atoms with E-state index in [1.54, 1.807) is 7.11 Å². The van der Waals surface area contributed by atoms with Gasteiger partial charge in [0.2, 0.25) is 0 Å². The third-order valence-electron chi connectivity index (χ3n) is 4.43. The average molecular weight is 329 g/mol. The van der Waals surface area contributed by atoms with Crippen LogP contribution in [-0.2, 0) is 13.0 Å². The van der Waals surface area contributed by atoms with Gasteiger partial charge in [-0.1, -0.05) is 20.8 Å². The summed E-state index contributed by atoms with van der Waals surface area (Å²) in [5.41, 5.74) is 5.74. The van der Waals surface area contributed by atoms with Crippen molar-refractivity contribution in [1.29, 1.82) is 0 Å². The topological polar surface area (TPSA) is 67.0 Å². The maximum atomic E-state index is 12.4. The lowest BCUT2D eigenvalue weighted by Crippen LogP contribution is -2.24. The molecule has 0 saturated carbocycles. The molecule has 1 aromatic carbocycles. The molecule has 0 aliphatic heterocycles. The quantitative estimate of drug-likeness (QED) is 0.850. The highest BCUT2D eigenvalue weighted by atomic mass is 16.5. The Kier molecular flexibility index (Phi) is 5.65. The third-order valence-corrected chi connectivity index (χ3v) is 4.43. The second kappa shape index (κ2) is 7.51. The molecule has 1 amide bonds. The van der Waals surface area contributed by atoms with Gasteiger partial charge in [0.25, 0.3) is 5.91 Å². The van der Waals surface area contributed by atoms with Gasteiger partial charge in [-0.25, -0.2) is 0 Å². The van der Waals surface area contributed by atoms with Crippen LogP contribution < -0.4 is 10.1 Å². The van der Waals surface area contributed by atoms with Gasteiger partial charge in [0.05, 0.1) is 7.11 Å². The van der Waals surface area contributed by atoms with Gasteiger partial charge in [-0.3, -0.25) is 9.89 Å². The Hall–Kier alpha value is -2.30. The number of hydrogen-bond acceptors (Lipinski definition) is 3. The number of carbonyl (C=O) groups is 1. The van der Waals surface area contributed by atoms with Gasteiger partial charge in [0, 0.05) is 17.8 Å². The number of H-pyrrole nitrogens is 1. The summed E-state index contributed by atoms with van der Waals surface area (Å²) < 4.78 is 5.47. The summed E-state index contributed by atoms with van der Waals surface area (Å²) in [5.74, 6) is 1.11. The van der Waals surface area contributed by atoms with Gasteiger partial charge in [-0.2, -0.15) is 5.10 Å². The van der Waals surface area contributed by atoms with Gasteiger partial charge < -0.3 is 10.1 Å². The molecule has 0 saturated heterocycles. The fraction of sp³-hybridized carbons (Fsp3) is 0.474. The molecule has 5 heteroatoms. The number of benzene rings is 1. The smallest absolute Gasteiger partial charge is 0.272 e. The minimum absolute atomic E-state index is 0.148. The number of hydrogen-bond donors (Lipinski definition) is 2. The highest BCUT2D eigenvalue weighted by Crippen LogP contribution is 2.29. The number of methoxy groups -OCH3 is 1. The first-order valence-electron chi connectivity index (χ1n) is 8.38. The lowest BCUT2D eigenvalue weighted by molar-refractivity contribution is 0.0945. The Labute approximate surface area is 143 Å². The van der Waals surface area contributed by atoms with Crippen molar-refractivity contribution >= 4 is 5.91 Å². The highest BCUT2D eigenvalue weighted by molar-refractivity contribution is 5.93. The van der Waals surface area contributed by atoms with Crippen LogP contribution in [0.2, 0.25) is 0 Å². The molecule has 1 heterocycles. The molecule has 0 fully saturated rings. The molecular weight excluding hydrogens is 302 g/mol.